The molecule has 0 radical (unpaired) electrons. The molecule has 0 saturated heterocycles. The Bertz CT molecular complexity index is 695. The minimum atomic E-state index is -3.65. The van der Waals surface area contributed by atoms with Crippen LogP contribution in [0.25, 0.3) is 0 Å². The molecule has 2 aromatic rings. The number of aromatic amines is 1. The number of H-pyrrole nitrogens is 1. The summed E-state index contributed by atoms with van der Waals surface area (Å²) < 4.78 is 26.7. The van der Waals surface area contributed by atoms with E-state index in [2.05, 4.69) is 10.2 Å². The van der Waals surface area contributed by atoms with E-state index in [0.717, 1.165) is 4.88 Å². The third kappa shape index (κ3) is 3.31. The zero-order valence-electron chi connectivity index (χ0n) is 12.1. The Morgan fingerprint density at radius 1 is 1.52 bits per heavy atom. The standard InChI is InChI=1S/C13H18ClN3O2S2/c1-9(7-11-5-4-6-20-11)17(3)21(18,19)13-12(8-14)10(2)15-16-13/h4-6,9H,7-8H2,1-3H3,(H,15,16). The van der Waals surface area contributed by atoms with Crippen LogP contribution >= 0.6 is 22.9 Å². The molecule has 0 fully saturated rings. The summed E-state index contributed by atoms with van der Waals surface area (Å²) in [5.74, 6) is 0.115. The summed E-state index contributed by atoms with van der Waals surface area (Å²) >= 11 is 7.47. The minimum Gasteiger partial charge on any atom is -0.281 e. The van der Waals surface area contributed by atoms with Crippen LogP contribution in [0.5, 0.6) is 0 Å². The molecule has 2 rings (SSSR count). The number of rotatable bonds is 6. The van der Waals surface area contributed by atoms with Crippen molar-refractivity contribution in [1.82, 2.24) is 14.5 Å². The van der Waals surface area contributed by atoms with Crippen molar-refractivity contribution in [2.45, 2.75) is 37.2 Å². The van der Waals surface area contributed by atoms with Crippen molar-refractivity contribution in [3.05, 3.63) is 33.6 Å². The van der Waals surface area contributed by atoms with Crippen LogP contribution in [0.4, 0.5) is 0 Å². The maximum absolute atomic E-state index is 12.7. The van der Waals surface area contributed by atoms with E-state index in [1.54, 1.807) is 25.3 Å². The summed E-state index contributed by atoms with van der Waals surface area (Å²) in [6.07, 6.45) is 0.674. The summed E-state index contributed by atoms with van der Waals surface area (Å²) in [6, 6.07) is 3.81. The molecule has 21 heavy (non-hydrogen) atoms. The number of thiophene rings is 1. The number of halogens is 1. The van der Waals surface area contributed by atoms with Crippen LogP contribution < -0.4 is 0 Å². The number of aromatic nitrogens is 2. The van der Waals surface area contributed by atoms with Crippen LogP contribution in [0.1, 0.15) is 23.1 Å². The quantitative estimate of drug-likeness (QED) is 0.817. The number of likely N-dealkylation sites (N-methyl/N-ethyl adjacent to an activating group) is 1. The predicted molar refractivity (Wildman–Crippen MR) is 85.3 cm³/mol. The molecule has 0 amide bonds. The van der Waals surface area contributed by atoms with E-state index in [9.17, 15) is 8.42 Å². The molecule has 0 aliphatic carbocycles. The lowest BCUT2D eigenvalue weighted by molar-refractivity contribution is 0.386. The second-order valence-electron chi connectivity index (χ2n) is 4.92. The second kappa shape index (κ2) is 6.48. The molecule has 0 aliphatic heterocycles. The zero-order valence-corrected chi connectivity index (χ0v) is 14.5. The number of alkyl halides is 1. The molecule has 1 atom stereocenters. The van der Waals surface area contributed by atoms with Gasteiger partial charge in [0.1, 0.15) is 0 Å². The monoisotopic (exact) mass is 347 g/mol. The lowest BCUT2D eigenvalue weighted by Crippen LogP contribution is -2.36. The van der Waals surface area contributed by atoms with Gasteiger partial charge in [0.05, 0.1) is 5.88 Å². The topological polar surface area (TPSA) is 66.1 Å². The van der Waals surface area contributed by atoms with Gasteiger partial charge in [-0.3, -0.25) is 5.10 Å². The Balaban J connectivity index is 2.25. The summed E-state index contributed by atoms with van der Waals surface area (Å²) in [5, 5.41) is 8.63. The molecular formula is C13H18ClN3O2S2. The van der Waals surface area contributed by atoms with E-state index in [4.69, 9.17) is 11.6 Å². The van der Waals surface area contributed by atoms with E-state index in [-0.39, 0.29) is 16.9 Å². The fourth-order valence-corrected chi connectivity index (χ4v) is 4.77. The maximum Gasteiger partial charge on any atom is 0.262 e. The Kier molecular flexibility index (Phi) is 5.08. The van der Waals surface area contributed by atoms with Crippen molar-refractivity contribution in [3.63, 3.8) is 0 Å². The van der Waals surface area contributed by atoms with Crippen LogP contribution in [0.2, 0.25) is 0 Å². The third-order valence-electron chi connectivity index (χ3n) is 3.49. The third-order valence-corrected chi connectivity index (χ3v) is 6.60. The second-order valence-corrected chi connectivity index (χ2v) is 8.13. The van der Waals surface area contributed by atoms with Gasteiger partial charge in [-0.25, -0.2) is 8.42 Å². The SMILES string of the molecule is Cc1[nH]nc(S(=O)(=O)N(C)C(C)Cc2cccs2)c1CCl. The summed E-state index contributed by atoms with van der Waals surface area (Å²) in [6.45, 7) is 3.65. The molecule has 0 aliphatic rings. The molecule has 5 nitrogen and oxygen atoms in total. The first kappa shape index (κ1) is 16.5. The minimum absolute atomic E-state index is 0.0236. The van der Waals surface area contributed by atoms with Gasteiger partial charge >= 0.3 is 0 Å². The normalized spacial score (nSPS) is 13.8. The first-order valence-corrected chi connectivity index (χ1v) is 9.33. The molecule has 2 aromatic heterocycles. The highest BCUT2D eigenvalue weighted by Gasteiger charge is 2.30. The van der Waals surface area contributed by atoms with Gasteiger partial charge in [0, 0.05) is 29.2 Å². The van der Waals surface area contributed by atoms with Crippen LogP contribution in [-0.2, 0) is 22.3 Å². The van der Waals surface area contributed by atoms with Crippen molar-refractivity contribution in [2.24, 2.45) is 0 Å². The first-order valence-electron chi connectivity index (χ1n) is 6.48. The van der Waals surface area contributed by atoms with Gasteiger partial charge < -0.3 is 0 Å². The number of aryl methyl sites for hydroxylation is 1. The van der Waals surface area contributed by atoms with Crippen LogP contribution in [0.15, 0.2) is 22.5 Å². The average molecular weight is 348 g/mol. The Labute approximate surface area is 134 Å². The fraction of sp³-hybridized carbons (Fsp3) is 0.462. The lowest BCUT2D eigenvalue weighted by Gasteiger charge is -2.23. The van der Waals surface area contributed by atoms with E-state index < -0.39 is 10.0 Å². The molecule has 0 saturated carbocycles. The molecule has 8 heteroatoms. The van der Waals surface area contributed by atoms with Gasteiger partial charge in [0.25, 0.3) is 10.0 Å². The van der Waals surface area contributed by atoms with Crippen LogP contribution in [0, 0.1) is 6.92 Å². The highest BCUT2D eigenvalue weighted by molar-refractivity contribution is 7.89. The van der Waals surface area contributed by atoms with Gasteiger partial charge in [0.2, 0.25) is 0 Å². The number of sulfonamides is 1. The van der Waals surface area contributed by atoms with Crippen molar-refractivity contribution in [1.29, 1.82) is 0 Å². The summed E-state index contributed by atoms with van der Waals surface area (Å²) in [5.41, 5.74) is 1.22. The predicted octanol–water partition coefficient (Wildman–Crippen LogP) is 2.77. The van der Waals surface area contributed by atoms with E-state index in [1.807, 2.05) is 24.4 Å². The number of hydrogen-bond donors (Lipinski definition) is 1. The fourth-order valence-electron chi connectivity index (χ4n) is 2.02. The number of nitrogens with zero attached hydrogens (tertiary/aromatic N) is 2. The molecule has 1 unspecified atom stereocenters. The van der Waals surface area contributed by atoms with Gasteiger partial charge in [-0.1, -0.05) is 6.07 Å². The molecule has 0 spiro atoms. The smallest absolute Gasteiger partial charge is 0.262 e. The summed E-state index contributed by atoms with van der Waals surface area (Å²) in [4.78, 5) is 1.15. The van der Waals surface area contributed by atoms with Crippen LogP contribution in [0.3, 0.4) is 0 Å². The number of hydrogen-bond acceptors (Lipinski definition) is 4. The molecule has 0 aromatic carbocycles. The van der Waals surface area contributed by atoms with Gasteiger partial charge in [0.15, 0.2) is 5.03 Å². The van der Waals surface area contributed by atoms with Gasteiger partial charge in [-0.05, 0) is 31.7 Å². The highest BCUT2D eigenvalue weighted by Crippen LogP contribution is 2.24. The molecule has 2 heterocycles. The maximum atomic E-state index is 12.7. The average Bonchev–Trinajstić information content (AvgIpc) is 3.07. The molecule has 116 valence electrons. The van der Waals surface area contributed by atoms with Crippen molar-refractivity contribution >= 4 is 33.0 Å². The largest absolute Gasteiger partial charge is 0.281 e. The van der Waals surface area contributed by atoms with Crippen molar-refractivity contribution in [3.8, 4) is 0 Å². The van der Waals surface area contributed by atoms with Gasteiger partial charge in [-0.2, -0.15) is 9.40 Å². The van der Waals surface area contributed by atoms with Gasteiger partial charge in [-0.15, -0.1) is 22.9 Å². The summed E-state index contributed by atoms with van der Waals surface area (Å²) in [7, 11) is -2.07. The van der Waals surface area contributed by atoms with Crippen LogP contribution in [-0.4, -0.2) is 36.0 Å². The molecular weight excluding hydrogens is 330 g/mol. The van der Waals surface area contributed by atoms with E-state index in [0.29, 0.717) is 17.7 Å². The molecule has 1 N–H and O–H groups in total. The van der Waals surface area contributed by atoms with E-state index in [1.165, 1.54) is 4.31 Å². The van der Waals surface area contributed by atoms with E-state index >= 15 is 0 Å². The Hall–Kier alpha value is -0.890. The van der Waals surface area contributed by atoms with Crippen molar-refractivity contribution < 1.29 is 8.42 Å². The zero-order chi connectivity index (χ0) is 15.6. The lowest BCUT2D eigenvalue weighted by atomic mass is 10.2. The Morgan fingerprint density at radius 2 is 2.24 bits per heavy atom. The molecule has 0 bridgehead atoms. The van der Waals surface area contributed by atoms with Crippen molar-refractivity contribution in [2.75, 3.05) is 7.05 Å². The number of nitrogens with one attached hydrogen (secondary N) is 1. The Morgan fingerprint density at radius 3 is 2.81 bits per heavy atom. The highest BCUT2D eigenvalue weighted by atomic mass is 35.5. The first-order chi connectivity index (χ1) is 9.87.